The molecule has 1 aliphatic rings. The predicted molar refractivity (Wildman–Crippen MR) is 119 cm³/mol. The quantitative estimate of drug-likeness (QED) is 0.688. The van der Waals surface area contributed by atoms with E-state index in [9.17, 15) is 13.2 Å². The minimum atomic E-state index is -3.97. The zero-order valence-corrected chi connectivity index (χ0v) is 17.6. The van der Waals surface area contributed by atoms with Crippen molar-refractivity contribution in [3.05, 3.63) is 102 Å². The van der Waals surface area contributed by atoms with Crippen molar-refractivity contribution in [2.24, 2.45) is 0 Å². The van der Waals surface area contributed by atoms with Crippen molar-refractivity contribution < 1.29 is 13.2 Å². The van der Waals surface area contributed by atoms with Crippen molar-refractivity contribution in [3.8, 4) is 0 Å². The fourth-order valence-corrected chi connectivity index (χ4v) is 5.09. The van der Waals surface area contributed by atoms with Crippen LogP contribution in [0, 0.1) is 13.8 Å². The normalized spacial score (nSPS) is 16.0. The lowest BCUT2D eigenvalue weighted by Crippen LogP contribution is -2.55. The number of carbonyl (C=O) groups excluding carboxylic acids is 1. The summed E-state index contributed by atoms with van der Waals surface area (Å²) in [6, 6.07) is 21.0. The molecule has 3 aromatic rings. The van der Waals surface area contributed by atoms with Gasteiger partial charge in [-0.2, -0.15) is 0 Å². The predicted octanol–water partition coefficient (Wildman–Crippen LogP) is 4.28. The minimum Gasteiger partial charge on any atom is -0.327 e. The summed E-state index contributed by atoms with van der Waals surface area (Å²) in [7, 11) is -3.97. The van der Waals surface area contributed by atoms with Crippen molar-refractivity contribution in [2.75, 3.05) is 4.31 Å². The molecule has 4 rings (SSSR count). The largest absolute Gasteiger partial charge is 0.327 e. The van der Waals surface area contributed by atoms with Gasteiger partial charge in [-0.3, -0.25) is 4.79 Å². The highest BCUT2D eigenvalue weighted by Gasteiger charge is 2.40. The van der Waals surface area contributed by atoms with Crippen molar-refractivity contribution in [1.82, 2.24) is 5.32 Å². The van der Waals surface area contributed by atoms with E-state index < -0.39 is 16.2 Å². The maximum absolute atomic E-state index is 13.7. The second-order valence-electron chi connectivity index (χ2n) is 7.40. The number of hydrogen-bond donors (Lipinski definition) is 1. The van der Waals surface area contributed by atoms with Gasteiger partial charge in [0.1, 0.15) is 6.17 Å². The van der Waals surface area contributed by atoms with Gasteiger partial charge in [0, 0.05) is 0 Å². The lowest BCUT2D eigenvalue weighted by Gasteiger charge is -2.39. The van der Waals surface area contributed by atoms with E-state index in [0.717, 1.165) is 16.7 Å². The third kappa shape index (κ3) is 3.39. The lowest BCUT2D eigenvalue weighted by molar-refractivity contribution is 0.0941. The zero-order chi connectivity index (χ0) is 21.5. The number of fused-ring (bicyclic) bond motifs is 1. The fourth-order valence-electron chi connectivity index (χ4n) is 3.50. The molecule has 0 bridgehead atoms. The van der Waals surface area contributed by atoms with Gasteiger partial charge in [0.05, 0.1) is 16.1 Å². The van der Waals surface area contributed by atoms with Gasteiger partial charge in [-0.25, -0.2) is 12.7 Å². The Hall–Kier alpha value is -3.38. The Kier molecular flexibility index (Phi) is 4.95. The van der Waals surface area contributed by atoms with Gasteiger partial charge in [-0.1, -0.05) is 66.2 Å². The van der Waals surface area contributed by atoms with Crippen LogP contribution in [0.25, 0.3) is 5.57 Å². The summed E-state index contributed by atoms with van der Waals surface area (Å²) in [4.78, 5) is 12.9. The second kappa shape index (κ2) is 7.46. The molecule has 1 heterocycles. The first-order valence-corrected chi connectivity index (χ1v) is 11.0. The van der Waals surface area contributed by atoms with E-state index in [1.54, 1.807) is 48.5 Å². The van der Waals surface area contributed by atoms with E-state index in [1.807, 2.05) is 38.1 Å². The zero-order valence-electron chi connectivity index (χ0n) is 16.8. The Morgan fingerprint density at radius 3 is 2.10 bits per heavy atom. The van der Waals surface area contributed by atoms with Crippen molar-refractivity contribution >= 4 is 27.2 Å². The van der Waals surface area contributed by atoms with Crippen LogP contribution >= 0.6 is 0 Å². The van der Waals surface area contributed by atoms with Crippen LogP contribution in [0.5, 0.6) is 0 Å². The van der Waals surface area contributed by atoms with E-state index in [1.165, 1.54) is 4.31 Å². The summed E-state index contributed by atoms with van der Waals surface area (Å²) in [6.07, 6.45) is -0.943. The number of sulfonamides is 1. The Morgan fingerprint density at radius 1 is 0.900 bits per heavy atom. The molecular weight excluding hydrogens is 396 g/mol. The van der Waals surface area contributed by atoms with Gasteiger partial charge < -0.3 is 5.32 Å². The number of anilines is 1. The highest BCUT2D eigenvalue weighted by Crippen LogP contribution is 2.36. The number of amides is 1. The minimum absolute atomic E-state index is 0.153. The summed E-state index contributed by atoms with van der Waals surface area (Å²) in [5.74, 6) is -0.334. The van der Waals surface area contributed by atoms with E-state index in [0.29, 0.717) is 16.8 Å². The van der Waals surface area contributed by atoms with Crippen LogP contribution in [0.1, 0.15) is 27.0 Å². The molecule has 1 amide bonds. The summed E-state index contributed by atoms with van der Waals surface area (Å²) in [5.41, 5.74) is 3.93. The average Bonchev–Trinajstić information content (AvgIpc) is 2.74. The molecule has 0 aromatic heterocycles. The standard InChI is InChI=1S/C24H22N2O3S/c1-16-8-12-19(13-9-16)18(3)23-25-24(27)21-6-4-5-7-22(21)26(23)30(28,29)20-14-10-17(2)11-15-20/h4-15,23H,3H2,1-2H3,(H,25,27). The molecule has 6 heteroatoms. The third-order valence-electron chi connectivity index (χ3n) is 5.22. The highest BCUT2D eigenvalue weighted by atomic mass is 32.2. The number of aryl methyl sites for hydroxylation is 2. The molecule has 30 heavy (non-hydrogen) atoms. The Bertz CT molecular complexity index is 1230. The molecule has 5 nitrogen and oxygen atoms in total. The number of nitrogens with one attached hydrogen (secondary N) is 1. The molecule has 3 aromatic carbocycles. The Balaban J connectivity index is 1.88. The van der Waals surface area contributed by atoms with Crippen LogP contribution in [-0.2, 0) is 10.0 Å². The van der Waals surface area contributed by atoms with Crippen LogP contribution in [-0.4, -0.2) is 20.5 Å². The van der Waals surface area contributed by atoms with Gasteiger partial charge >= 0.3 is 0 Å². The highest BCUT2D eigenvalue weighted by molar-refractivity contribution is 7.93. The fraction of sp³-hybridized carbons (Fsp3) is 0.125. The number of nitrogens with zero attached hydrogens (tertiary/aromatic N) is 1. The molecule has 0 saturated heterocycles. The Morgan fingerprint density at radius 2 is 1.47 bits per heavy atom. The van der Waals surface area contributed by atoms with Crippen molar-refractivity contribution in [1.29, 1.82) is 0 Å². The van der Waals surface area contributed by atoms with Gasteiger partial charge in [0.15, 0.2) is 0 Å². The van der Waals surface area contributed by atoms with E-state index in [4.69, 9.17) is 0 Å². The summed E-state index contributed by atoms with van der Waals surface area (Å²) < 4.78 is 28.7. The molecule has 0 fully saturated rings. The first-order valence-electron chi connectivity index (χ1n) is 9.56. The van der Waals surface area contributed by atoms with Gasteiger partial charge in [0.25, 0.3) is 15.9 Å². The molecule has 0 spiro atoms. The van der Waals surface area contributed by atoms with Crippen molar-refractivity contribution in [3.63, 3.8) is 0 Å². The van der Waals surface area contributed by atoms with Crippen molar-refractivity contribution in [2.45, 2.75) is 24.9 Å². The molecule has 0 aliphatic carbocycles. The van der Waals surface area contributed by atoms with E-state index in [-0.39, 0.29) is 10.8 Å². The first-order chi connectivity index (χ1) is 14.3. The van der Waals surface area contributed by atoms with Crippen LogP contribution in [0.4, 0.5) is 5.69 Å². The topological polar surface area (TPSA) is 66.5 Å². The SMILES string of the molecule is C=C(c1ccc(C)cc1)C1NC(=O)c2ccccc2N1S(=O)(=O)c1ccc(C)cc1. The van der Waals surface area contributed by atoms with E-state index in [2.05, 4.69) is 11.9 Å². The second-order valence-corrected chi connectivity index (χ2v) is 9.21. The van der Waals surface area contributed by atoms with Crippen LogP contribution < -0.4 is 9.62 Å². The molecule has 1 unspecified atom stereocenters. The molecule has 1 N–H and O–H groups in total. The summed E-state index contributed by atoms with van der Waals surface area (Å²) in [6.45, 7) is 8.01. The van der Waals surface area contributed by atoms with Gasteiger partial charge in [-0.15, -0.1) is 0 Å². The van der Waals surface area contributed by atoms with Crippen LogP contribution in [0.3, 0.4) is 0 Å². The Labute approximate surface area is 176 Å². The smallest absolute Gasteiger partial charge is 0.266 e. The third-order valence-corrected chi connectivity index (χ3v) is 7.01. The molecule has 152 valence electrons. The maximum atomic E-state index is 13.7. The number of para-hydroxylation sites is 1. The number of hydrogen-bond acceptors (Lipinski definition) is 3. The maximum Gasteiger partial charge on any atom is 0.266 e. The number of carbonyl (C=O) groups is 1. The van der Waals surface area contributed by atoms with Gasteiger partial charge in [-0.05, 0) is 49.2 Å². The number of rotatable bonds is 4. The summed E-state index contributed by atoms with van der Waals surface area (Å²) >= 11 is 0. The summed E-state index contributed by atoms with van der Waals surface area (Å²) in [5, 5.41) is 2.83. The molecule has 1 atom stereocenters. The first kappa shape index (κ1) is 19.9. The molecular formula is C24H22N2O3S. The lowest BCUT2D eigenvalue weighted by atomic mass is 10.0. The molecule has 1 aliphatic heterocycles. The van der Waals surface area contributed by atoms with Crippen LogP contribution in [0.2, 0.25) is 0 Å². The van der Waals surface area contributed by atoms with Crippen LogP contribution in [0.15, 0.2) is 84.3 Å². The average molecular weight is 419 g/mol. The van der Waals surface area contributed by atoms with E-state index >= 15 is 0 Å². The monoisotopic (exact) mass is 418 g/mol. The molecule has 0 saturated carbocycles. The molecule has 0 radical (unpaired) electrons. The van der Waals surface area contributed by atoms with Gasteiger partial charge in [0.2, 0.25) is 0 Å². The number of benzene rings is 3.